The van der Waals surface area contributed by atoms with E-state index in [1.807, 2.05) is 0 Å². The summed E-state index contributed by atoms with van der Waals surface area (Å²) in [5.41, 5.74) is 3.65. The molecule has 1 nitrogen and oxygen atoms in total. The molecule has 1 unspecified atom stereocenters. The van der Waals surface area contributed by atoms with Crippen LogP contribution in [0.1, 0.15) is 23.6 Å². The molecule has 4 heteroatoms. The van der Waals surface area contributed by atoms with E-state index in [9.17, 15) is 4.39 Å². The van der Waals surface area contributed by atoms with Crippen LogP contribution in [-0.4, -0.2) is 0 Å². The predicted octanol–water partition coefficient (Wildman–Crippen LogP) is 5.45. The zero-order valence-electron chi connectivity index (χ0n) is 10.1. The zero-order valence-corrected chi connectivity index (χ0v) is 13.3. The van der Waals surface area contributed by atoms with E-state index in [0.29, 0.717) is 6.04 Å². The first-order valence-electron chi connectivity index (χ1n) is 6.13. The van der Waals surface area contributed by atoms with Gasteiger partial charge >= 0.3 is 0 Å². The number of halogens is 3. The minimum absolute atomic E-state index is 0.229. The third-order valence-corrected chi connectivity index (χ3v) is 4.59. The lowest BCUT2D eigenvalue weighted by Crippen LogP contribution is -2.07. The molecule has 0 heterocycles. The second-order valence-electron chi connectivity index (χ2n) is 4.70. The van der Waals surface area contributed by atoms with Crippen molar-refractivity contribution in [2.45, 2.75) is 18.9 Å². The maximum Gasteiger partial charge on any atom is 0.124 e. The Morgan fingerprint density at radius 2 is 1.95 bits per heavy atom. The molecule has 19 heavy (non-hydrogen) atoms. The van der Waals surface area contributed by atoms with Crippen LogP contribution < -0.4 is 5.32 Å². The smallest absolute Gasteiger partial charge is 0.124 e. The normalized spacial score (nSPS) is 17.3. The number of benzene rings is 2. The number of hydrogen-bond donors (Lipinski definition) is 1. The van der Waals surface area contributed by atoms with E-state index in [4.69, 9.17) is 0 Å². The molecule has 2 aromatic rings. The lowest BCUT2D eigenvalue weighted by Gasteiger charge is -2.17. The molecule has 1 N–H and O–H groups in total. The van der Waals surface area contributed by atoms with Gasteiger partial charge in [-0.25, -0.2) is 4.39 Å². The van der Waals surface area contributed by atoms with Crippen LogP contribution in [0.4, 0.5) is 10.1 Å². The Morgan fingerprint density at radius 1 is 1.11 bits per heavy atom. The van der Waals surface area contributed by atoms with Gasteiger partial charge in [-0.2, -0.15) is 0 Å². The maximum absolute atomic E-state index is 13.1. The number of aryl methyl sites for hydroxylation is 1. The van der Waals surface area contributed by atoms with Gasteiger partial charge < -0.3 is 5.32 Å². The van der Waals surface area contributed by atoms with Crippen LogP contribution in [0.15, 0.2) is 45.3 Å². The summed E-state index contributed by atoms with van der Waals surface area (Å²) in [6.45, 7) is 0. The van der Waals surface area contributed by atoms with Crippen molar-refractivity contribution in [3.8, 4) is 0 Å². The summed E-state index contributed by atoms with van der Waals surface area (Å²) in [4.78, 5) is 0. The first-order valence-corrected chi connectivity index (χ1v) is 7.72. The molecule has 98 valence electrons. The average molecular weight is 385 g/mol. The Hall–Kier alpha value is -0.870. The Labute approximate surface area is 128 Å². The zero-order chi connectivity index (χ0) is 13.4. The topological polar surface area (TPSA) is 12.0 Å². The van der Waals surface area contributed by atoms with Crippen molar-refractivity contribution in [3.63, 3.8) is 0 Å². The molecule has 0 radical (unpaired) electrons. The van der Waals surface area contributed by atoms with Crippen LogP contribution in [-0.2, 0) is 6.42 Å². The second-order valence-corrected chi connectivity index (χ2v) is 6.47. The molecule has 1 atom stereocenters. The predicted molar refractivity (Wildman–Crippen MR) is 82.9 cm³/mol. The van der Waals surface area contributed by atoms with Gasteiger partial charge in [0.25, 0.3) is 0 Å². The third kappa shape index (κ3) is 2.70. The summed E-state index contributed by atoms with van der Waals surface area (Å²) in [5.74, 6) is -0.229. The molecule has 1 aliphatic carbocycles. The summed E-state index contributed by atoms with van der Waals surface area (Å²) in [7, 11) is 0. The molecule has 3 rings (SSSR count). The highest BCUT2D eigenvalue weighted by Gasteiger charge is 2.22. The van der Waals surface area contributed by atoms with Crippen molar-refractivity contribution < 1.29 is 4.39 Å². The first kappa shape index (κ1) is 13.1. The van der Waals surface area contributed by atoms with Gasteiger partial charge in [0.05, 0.1) is 6.04 Å². The number of fused-ring (bicyclic) bond motifs is 1. The van der Waals surface area contributed by atoms with Gasteiger partial charge in [-0.15, -0.1) is 0 Å². The van der Waals surface area contributed by atoms with Gasteiger partial charge in [0.1, 0.15) is 5.82 Å². The molecule has 1 aliphatic rings. The van der Waals surface area contributed by atoms with E-state index < -0.39 is 0 Å². The number of hydrogen-bond acceptors (Lipinski definition) is 1. The standard InChI is InChI=1S/C15H12Br2FN/c16-10-2-4-12-9(7-10)1-5-14(12)19-15-6-3-11(18)8-13(15)17/h2-4,6-8,14,19H,1,5H2. The monoisotopic (exact) mass is 383 g/mol. The molecule has 0 amide bonds. The molecule has 0 aliphatic heterocycles. The number of anilines is 1. The summed E-state index contributed by atoms with van der Waals surface area (Å²) in [6.07, 6.45) is 2.14. The van der Waals surface area contributed by atoms with Crippen LogP contribution in [0.5, 0.6) is 0 Å². The highest BCUT2D eigenvalue weighted by atomic mass is 79.9. The Balaban J connectivity index is 1.86. The Bertz CT molecular complexity index is 628. The van der Waals surface area contributed by atoms with Crippen LogP contribution in [0.25, 0.3) is 0 Å². The van der Waals surface area contributed by atoms with E-state index in [-0.39, 0.29) is 5.82 Å². The van der Waals surface area contributed by atoms with Crippen LogP contribution in [0.3, 0.4) is 0 Å². The molecule has 0 spiro atoms. The van der Waals surface area contributed by atoms with Crippen LogP contribution in [0, 0.1) is 5.82 Å². The van der Waals surface area contributed by atoms with E-state index in [1.54, 1.807) is 6.07 Å². The van der Waals surface area contributed by atoms with Crippen molar-refractivity contribution >= 4 is 37.5 Å². The van der Waals surface area contributed by atoms with Crippen molar-refractivity contribution in [2.24, 2.45) is 0 Å². The largest absolute Gasteiger partial charge is 0.377 e. The minimum atomic E-state index is -0.229. The summed E-state index contributed by atoms with van der Waals surface area (Å²) < 4.78 is 15.0. The lowest BCUT2D eigenvalue weighted by atomic mass is 10.1. The Kier molecular flexibility index (Phi) is 3.63. The van der Waals surface area contributed by atoms with E-state index in [2.05, 4.69) is 55.4 Å². The fourth-order valence-electron chi connectivity index (χ4n) is 2.53. The summed E-state index contributed by atoms with van der Waals surface area (Å²) in [6, 6.07) is 11.4. The van der Waals surface area contributed by atoms with E-state index in [1.165, 1.54) is 23.3 Å². The lowest BCUT2D eigenvalue weighted by molar-refractivity contribution is 0.627. The van der Waals surface area contributed by atoms with Crippen molar-refractivity contribution in [2.75, 3.05) is 5.32 Å². The quantitative estimate of drug-likeness (QED) is 0.725. The third-order valence-electron chi connectivity index (χ3n) is 3.44. The summed E-state index contributed by atoms with van der Waals surface area (Å²) >= 11 is 6.90. The van der Waals surface area contributed by atoms with Gasteiger partial charge in [-0.3, -0.25) is 0 Å². The molecule has 0 saturated carbocycles. The molecular weight excluding hydrogens is 373 g/mol. The molecule has 0 bridgehead atoms. The molecule has 2 aromatic carbocycles. The number of nitrogens with one attached hydrogen (secondary N) is 1. The van der Waals surface area contributed by atoms with Gasteiger partial charge in [0, 0.05) is 14.6 Å². The summed E-state index contributed by atoms with van der Waals surface area (Å²) in [5, 5.41) is 3.48. The van der Waals surface area contributed by atoms with Crippen LogP contribution in [0.2, 0.25) is 0 Å². The van der Waals surface area contributed by atoms with E-state index >= 15 is 0 Å². The maximum atomic E-state index is 13.1. The molecule has 0 saturated heterocycles. The van der Waals surface area contributed by atoms with Gasteiger partial charge in [0.2, 0.25) is 0 Å². The van der Waals surface area contributed by atoms with E-state index in [0.717, 1.165) is 27.5 Å². The SMILES string of the molecule is Fc1ccc(NC2CCc3cc(Br)ccc32)c(Br)c1. The van der Waals surface area contributed by atoms with Gasteiger partial charge in [0.15, 0.2) is 0 Å². The highest BCUT2D eigenvalue weighted by molar-refractivity contribution is 9.10. The second kappa shape index (κ2) is 5.25. The van der Waals surface area contributed by atoms with Crippen molar-refractivity contribution in [1.29, 1.82) is 0 Å². The van der Waals surface area contributed by atoms with Crippen molar-refractivity contribution in [1.82, 2.24) is 0 Å². The van der Waals surface area contributed by atoms with Gasteiger partial charge in [-0.1, -0.05) is 22.0 Å². The fraction of sp³-hybridized carbons (Fsp3) is 0.200. The molecular formula is C15H12Br2FN. The minimum Gasteiger partial charge on any atom is -0.377 e. The first-order chi connectivity index (χ1) is 9.13. The van der Waals surface area contributed by atoms with Crippen LogP contribution >= 0.6 is 31.9 Å². The average Bonchev–Trinajstić information content (AvgIpc) is 2.75. The van der Waals surface area contributed by atoms with Gasteiger partial charge in [-0.05, 0) is 70.2 Å². The molecule has 0 fully saturated rings. The number of rotatable bonds is 2. The molecule has 0 aromatic heterocycles. The fourth-order valence-corrected chi connectivity index (χ4v) is 3.40. The van der Waals surface area contributed by atoms with Crippen molar-refractivity contribution in [3.05, 3.63) is 62.3 Å². The highest BCUT2D eigenvalue weighted by Crippen LogP contribution is 2.36. The Morgan fingerprint density at radius 3 is 2.74 bits per heavy atom.